The second-order valence-corrected chi connectivity index (χ2v) is 4.86. The van der Waals surface area contributed by atoms with Crippen LogP contribution < -0.4 is 5.32 Å². The van der Waals surface area contributed by atoms with E-state index < -0.39 is 0 Å². The van der Waals surface area contributed by atoms with Crippen LogP contribution in [-0.2, 0) is 0 Å². The molecule has 0 bridgehead atoms. The van der Waals surface area contributed by atoms with E-state index >= 15 is 0 Å². The lowest BCUT2D eigenvalue weighted by Gasteiger charge is -2.23. The lowest BCUT2D eigenvalue weighted by molar-refractivity contribution is 0.244. The van der Waals surface area contributed by atoms with Crippen molar-refractivity contribution in [2.75, 3.05) is 13.2 Å². The fourth-order valence-electron chi connectivity index (χ4n) is 2.00. The number of hydrogen-bond donors (Lipinski definition) is 2. The lowest BCUT2D eigenvalue weighted by atomic mass is 9.97. The van der Waals surface area contributed by atoms with E-state index in [2.05, 4.69) is 25.2 Å². The monoisotopic (exact) mass is 246 g/mol. The average molecular weight is 246 g/mol. The highest BCUT2D eigenvalue weighted by Gasteiger charge is 2.16. The van der Waals surface area contributed by atoms with Crippen molar-refractivity contribution in [2.45, 2.75) is 32.2 Å². The first kappa shape index (κ1) is 14.7. The molecular weight excluding hydrogens is 224 g/mol. The van der Waals surface area contributed by atoms with Gasteiger partial charge in [-0.15, -0.1) is 0 Å². The highest BCUT2D eigenvalue weighted by atomic mass is 16.3. The molecule has 0 heterocycles. The normalized spacial score (nSPS) is 14.2. The summed E-state index contributed by atoms with van der Waals surface area (Å²) < 4.78 is 0. The minimum atomic E-state index is -0.133. The first-order valence-corrected chi connectivity index (χ1v) is 6.47. The molecule has 3 heteroatoms. The zero-order valence-electron chi connectivity index (χ0n) is 11.1. The van der Waals surface area contributed by atoms with E-state index in [1.165, 1.54) is 0 Å². The minimum Gasteiger partial charge on any atom is -0.396 e. The molecule has 2 unspecified atom stereocenters. The molecule has 2 atom stereocenters. The summed E-state index contributed by atoms with van der Waals surface area (Å²) in [5.74, 6) is 0.318. The maximum absolute atomic E-state index is 9.22. The summed E-state index contributed by atoms with van der Waals surface area (Å²) in [6.07, 6.45) is 0.727. The van der Waals surface area contributed by atoms with E-state index in [9.17, 15) is 5.26 Å². The first-order chi connectivity index (χ1) is 8.69. The van der Waals surface area contributed by atoms with Gasteiger partial charge in [0.2, 0.25) is 0 Å². The Labute approximate surface area is 109 Å². The van der Waals surface area contributed by atoms with Crippen molar-refractivity contribution in [3.8, 4) is 6.07 Å². The molecule has 1 aromatic rings. The van der Waals surface area contributed by atoms with Crippen molar-refractivity contribution < 1.29 is 5.11 Å². The zero-order valence-corrected chi connectivity index (χ0v) is 11.1. The van der Waals surface area contributed by atoms with Gasteiger partial charge in [-0.1, -0.05) is 44.2 Å². The van der Waals surface area contributed by atoms with Crippen molar-refractivity contribution in [1.29, 1.82) is 5.26 Å². The Balaban J connectivity index is 2.57. The van der Waals surface area contributed by atoms with Gasteiger partial charge in [0.25, 0.3) is 0 Å². The standard InChI is InChI=1S/C15H22N2O/c1-12(2)15(8-9-18)17-11-14(10-16)13-6-4-3-5-7-13/h3-7,12,14-15,17-18H,8-9,11H2,1-2H3. The summed E-state index contributed by atoms with van der Waals surface area (Å²) in [4.78, 5) is 0. The minimum absolute atomic E-state index is 0.133. The summed E-state index contributed by atoms with van der Waals surface area (Å²) in [6, 6.07) is 12.4. The van der Waals surface area contributed by atoms with Crippen LogP contribution >= 0.6 is 0 Å². The van der Waals surface area contributed by atoms with Gasteiger partial charge < -0.3 is 10.4 Å². The summed E-state index contributed by atoms with van der Waals surface area (Å²) in [7, 11) is 0. The molecule has 1 aromatic carbocycles. The van der Waals surface area contributed by atoms with Gasteiger partial charge in [0.15, 0.2) is 0 Å². The number of hydrogen-bond acceptors (Lipinski definition) is 3. The molecule has 1 rings (SSSR count). The van der Waals surface area contributed by atoms with Crippen LogP contribution in [0.3, 0.4) is 0 Å². The maximum Gasteiger partial charge on any atom is 0.0837 e. The number of nitrogens with zero attached hydrogens (tertiary/aromatic N) is 1. The van der Waals surface area contributed by atoms with Gasteiger partial charge in [0.05, 0.1) is 12.0 Å². The largest absolute Gasteiger partial charge is 0.396 e. The number of aliphatic hydroxyl groups is 1. The molecule has 0 saturated carbocycles. The molecule has 98 valence electrons. The van der Waals surface area contributed by atoms with Crippen molar-refractivity contribution in [3.63, 3.8) is 0 Å². The van der Waals surface area contributed by atoms with Crippen molar-refractivity contribution in [3.05, 3.63) is 35.9 Å². The van der Waals surface area contributed by atoms with Gasteiger partial charge >= 0.3 is 0 Å². The van der Waals surface area contributed by atoms with Gasteiger partial charge in [-0.05, 0) is 17.9 Å². The SMILES string of the molecule is CC(C)C(CCO)NCC(C#N)c1ccccc1. The highest BCUT2D eigenvalue weighted by molar-refractivity contribution is 5.25. The van der Waals surface area contributed by atoms with Crippen LogP contribution in [0.4, 0.5) is 0 Å². The third-order valence-corrected chi connectivity index (χ3v) is 3.19. The Morgan fingerprint density at radius 2 is 1.94 bits per heavy atom. The Hall–Kier alpha value is -1.37. The fraction of sp³-hybridized carbons (Fsp3) is 0.533. The van der Waals surface area contributed by atoms with Crippen LogP contribution in [0, 0.1) is 17.2 Å². The van der Waals surface area contributed by atoms with Crippen LogP contribution in [0.2, 0.25) is 0 Å². The molecule has 2 N–H and O–H groups in total. The highest BCUT2D eigenvalue weighted by Crippen LogP contribution is 2.14. The number of aliphatic hydroxyl groups excluding tert-OH is 1. The van der Waals surface area contributed by atoms with E-state index in [4.69, 9.17) is 5.11 Å². The van der Waals surface area contributed by atoms with Crippen molar-refractivity contribution in [1.82, 2.24) is 5.32 Å². The Morgan fingerprint density at radius 1 is 1.28 bits per heavy atom. The second kappa shape index (κ2) is 7.86. The second-order valence-electron chi connectivity index (χ2n) is 4.86. The number of nitrogens with one attached hydrogen (secondary N) is 1. The predicted octanol–water partition coefficient (Wildman–Crippen LogP) is 2.29. The molecule has 0 fully saturated rings. The Kier molecular flexibility index (Phi) is 6.42. The van der Waals surface area contributed by atoms with Crippen LogP contribution in [0.15, 0.2) is 30.3 Å². The Morgan fingerprint density at radius 3 is 2.44 bits per heavy atom. The molecule has 0 aliphatic heterocycles. The smallest absolute Gasteiger partial charge is 0.0837 e. The summed E-state index contributed by atoms with van der Waals surface area (Å²) in [5.41, 5.74) is 1.04. The van der Waals surface area contributed by atoms with Gasteiger partial charge in [-0.25, -0.2) is 0 Å². The summed E-state index contributed by atoms with van der Waals surface area (Å²) in [6.45, 7) is 5.05. The topological polar surface area (TPSA) is 56.0 Å². The van der Waals surface area contributed by atoms with Crippen LogP contribution in [-0.4, -0.2) is 24.3 Å². The third-order valence-electron chi connectivity index (χ3n) is 3.19. The number of benzene rings is 1. The average Bonchev–Trinajstić information content (AvgIpc) is 2.39. The molecular formula is C15H22N2O. The van der Waals surface area contributed by atoms with Crippen LogP contribution in [0.5, 0.6) is 0 Å². The molecule has 0 aromatic heterocycles. The molecule has 3 nitrogen and oxygen atoms in total. The number of rotatable bonds is 7. The van der Waals surface area contributed by atoms with Gasteiger partial charge in [-0.3, -0.25) is 0 Å². The quantitative estimate of drug-likeness (QED) is 0.776. The van der Waals surface area contributed by atoms with Crippen LogP contribution in [0.25, 0.3) is 0 Å². The summed E-state index contributed by atoms with van der Waals surface area (Å²) >= 11 is 0. The molecule has 0 amide bonds. The zero-order chi connectivity index (χ0) is 13.4. The summed E-state index contributed by atoms with van der Waals surface area (Å²) in [5, 5.41) is 21.6. The van der Waals surface area contributed by atoms with Crippen molar-refractivity contribution in [2.24, 2.45) is 5.92 Å². The van der Waals surface area contributed by atoms with Crippen molar-refractivity contribution >= 4 is 0 Å². The van der Waals surface area contributed by atoms with E-state index in [0.717, 1.165) is 12.0 Å². The van der Waals surface area contributed by atoms with E-state index in [0.29, 0.717) is 12.5 Å². The van der Waals surface area contributed by atoms with E-state index in [-0.39, 0.29) is 18.6 Å². The van der Waals surface area contributed by atoms with Crippen LogP contribution in [0.1, 0.15) is 31.7 Å². The fourth-order valence-corrected chi connectivity index (χ4v) is 2.00. The molecule has 0 spiro atoms. The molecule has 0 aliphatic carbocycles. The Bertz CT molecular complexity index is 370. The molecule has 18 heavy (non-hydrogen) atoms. The van der Waals surface area contributed by atoms with E-state index in [1.54, 1.807) is 0 Å². The first-order valence-electron chi connectivity index (χ1n) is 6.47. The van der Waals surface area contributed by atoms with Gasteiger partial charge in [-0.2, -0.15) is 5.26 Å². The molecule has 0 saturated heterocycles. The predicted molar refractivity (Wildman–Crippen MR) is 73.1 cm³/mol. The third kappa shape index (κ3) is 4.48. The van der Waals surface area contributed by atoms with E-state index in [1.807, 2.05) is 30.3 Å². The molecule has 0 aliphatic rings. The number of nitriles is 1. The van der Waals surface area contributed by atoms with Gasteiger partial charge in [0.1, 0.15) is 0 Å². The lowest BCUT2D eigenvalue weighted by Crippen LogP contribution is -2.37. The maximum atomic E-state index is 9.22. The van der Waals surface area contributed by atoms with Gasteiger partial charge in [0, 0.05) is 19.2 Å². The molecule has 0 radical (unpaired) electrons.